The highest BCUT2D eigenvalue weighted by atomic mass is 16.6. The molecule has 0 fully saturated rings. The molecule has 0 spiro atoms. The Morgan fingerprint density at radius 2 is 1.73 bits per heavy atom. The largest absolute Gasteiger partial charge is 0.479 e. The number of esters is 1. The molecule has 0 saturated carbocycles. The molecule has 5 nitrogen and oxygen atoms in total. The highest BCUT2D eigenvalue weighted by molar-refractivity contribution is 5.98. The minimum atomic E-state index is -0.459. The number of aromatic nitrogens is 2. The first-order valence-corrected chi connectivity index (χ1v) is 10.8. The topological polar surface area (TPSA) is 53.4 Å². The molecule has 5 heteroatoms. The van der Waals surface area contributed by atoms with Crippen molar-refractivity contribution >= 4 is 29.3 Å². The van der Waals surface area contributed by atoms with Gasteiger partial charge in [-0.2, -0.15) is 0 Å². The van der Waals surface area contributed by atoms with E-state index in [9.17, 15) is 4.79 Å². The quantitative estimate of drug-likeness (QED) is 0.400. The number of pyridine rings is 1. The van der Waals surface area contributed by atoms with E-state index in [0.717, 1.165) is 23.4 Å². The first kappa shape index (κ1) is 19.3. The summed E-state index contributed by atoms with van der Waals surface area (Å²) in [6, 6.07) is 25.3. The van der Waals surface area contributed by atoms with Crippen LogP contribution in [0.25, 0.3) is 23.3 Å². The van der Waals surface area contributed by atoms with E-state index in [1.165, 1.54) is 11.1 Å². The van der Waals surface area contributed by atoms with Crippen molar-refractivity contribution < 1.29 is 14.3 Å². The highest BCUT2D eigenvalue weighted by Crippen LogP contribution is 2.40. The van der Waals surface area contributed by atoms with Crippen LogP contribution in [0.3, 0.4) is 0 Å². The van der Waals surface area contributed by atoms with Gasteiger partial charge in [-0.1, -0.05) is 54.6 Å². The predicted molar refractivity (Wildman–Crippen MR) is 127 cm³/mol. The van der Waals surface area contributed by atoms with Crippen LogP contribution < -0.4 is 0 Å². The van der Waals surface area contributed by atoms with Crippen LogP contribution in [-0.4, -0.2) is 21.6 Å². The molecule has 2 aliphatic rings. The van der Waals surface area contributed by atoms with Gasteiger partial charge in [-0.25, -0.2) is 4.79 Å². The maximum absolute atomic E-state index is 13.1. The number of nitrogens with zero attached hydrogens (tertiary/aromatic N) is 2. The molecule has 0 N–H and O–H groups in total. The lowest BCUT2D eigenvalue weighted by Gasteiger charge is -2.27. The van der Waals surface area contributed by atoms with Crippen molar-refractivity contribution in [2.24, 2.45) is 0 Å². The molecule has 2 aromatic heterocycles. The molecule has 0 bridgehead atoms. The summed E-state index contributed by atoms with van der Waals surface area (Å²) in [5.41, 5.74) is 5.45. The summed E-state index contributed by atoms with van der Waals surface area (Å²) in [6.07, 6.45) is 7.79. The zero-order valence-electron chi connectivity index (χ0n) is 17.7. The second-order valence-corrected chi connectivity index (χ2v) is 7.99. The van der Waals surface area contributed by atoms with Gasteiger partial charge in [0.2, 0.25) is 0 Å². The van der Waals surface area contributed by atoms with Crippen molar-refractivity contribution in [1.82, 2.24) is 9.55 Å². The Balaban J connectivity index is 1.53. The van der Waals surface area contributed by atoms with Gasteiger partial charge in [0.05, 0.1) is 17.0 Å². The van der Waals surface area contributed by atoms with Gasteiger partial charge < -0.3 is 14.0 Å². The molecule has 0 amide bonds. The van der Waals surface area contributed by atoms with Crippen LogP contribution in [0.5, 0.6) is 0 Å². The van der Waals surface area contributed by atoms with E-state index in [1.807, 2.05) is 60.8 Å². The molecular formula is C28H20N2O3. The molecule has 2 aromatic carbocycles. The lowest BCUT2D eigenvalue weighted by molar-refractivity contribution is 0.0686. The fraction of sp³-hybridized carbons (Fsp3) is 0.0714. The average molecular weight is 432 g/mol. The SMILES string of the molecule is O=C(OC1=C(c2ccccc2)OC2Cc3ccccc3C=C2n2cccc21)c1ccncc1. The normalized spacial score (nSPS) is 16.5. The molecule has 6 rings (SSSR count). The number of ether oxygens (including phenoxy) is 2. The van der Waals surface area contributed by atoms with Crippen molar-refractivity contribution in [3.05, 3.63) is 125 Å². The van der Waals surface area contributed by atoms with Crippen molar-refractivity contribution in [1.29, 1.82) is 0 Å². The number of rotatable bonds is 3. The average Bonchev–Trinajstić information content (AvgIpc) is 3.32. The molecule has 1 unspecified atom stereocenters. The smallest absolute Gasteiger partial charge is 0.343 e. The van der Waals surface area contributed by atoms with Gasteiger partial charge in [-0.05, 0) is 41.5 Å². The molecule has 160 valence electrons. The van der Waals surface area contributed by atoms with Crippen LogP contribution in [0.1, 0.15) is 32.7 Å². The van der Waals surface area contributed by atoms with Crippen molar-refractivity contribution in [2.75, 3.05) is 0 Å². The third-order valence-electron chi connectivity index (χ3n) is 5.97. The van der Waals surface area contributed by atoms with Crippen molar-refractivity contribution in [3.63, 3.8) is 0 Å². The summed E-state index contributed by atoms with van der Waals surface area (Å²) in [6.45, 7) is 0. The maximum Gasteiger partial charge on any atom is 0.343 e. The van der Waals surface area contributed by atoms with Crippen LogP contribution in [0, 0.1) is 0 Å². The number of hydrogen-bond donors (Lipinski definition) is 0. The lowest BCUT2D eigenvalue weighted by Crippen LogP contribution is -2.23. The third-order valence-corrected chi connectivity index (χ3v) is 5.97. The standard InChI is InChI=1S/C28H20N2O3/c31-28(20-12-14-29-15-13-20)33-27-23-11-6-16-30(23)24-17-21-9-4-5-10-22(21)18-25(24)32-26(27)19-7-2-1-3-8-19/h1-17,25H,18H2. The van der Waals surface area contributed by atoms with Gasteiger partial charge in [0.15, 0.2) is 11.5 Å². The van der Waals surface area contributed by atoms with Gasteiger partial charge in [0.25, 0.3) is 0 Å². The van der Waals surface area contributed by atoms with E-state index < -0.39 is 5.97 Å². The van der Waals surface area contributed by atoms with E-state index in [0.29, 0.717) is 17.1 Å². The fourth-order valence-corrected chi connectivity index (χ4v) is 4.37. The Morgan fingerprint density at radius 1 is 0.939 bits per heavy atom. The third kappa shape index (κ3) is 3.44. The minimum Gasteiger partial charge on any atom is -0.479 e. The number of fused-ring (bicyclic) bond motifs is 4. The van der Waals surface area contributed by atoms with Gasteiger partial charge in [0, 0.05) is 30.6 Å². The Kier molecular flexibility index (Phi) is 4.65. The number of carbonyl (C=O) groups excluding carboxylic acids is 1. The Labute approximate surface area is 191 Å². The molecule has 3 heterocycles. The molecule has 0 saturated heterocycles. The highest BCUT2D eigenvalue weighted by Gasteiger charge is 2.33. The first-order valence-electron chi connectivity index (χ1n) is 10.8. The minimum absolute atomic E-state index is 0.224. The van der Waals surface area contributed by atoms with Crippen LogP contribution in [-0.2, 0) is 15.9 Å². The van der Waals surface area contributed by atoms with E-state index in [1.54, 1.807) is 24.5 Å². The summed E-state index contributed by atoms with van der Waals surface area (Å²) in [5.74, 6) is 0.484. The van der Waals surface area contributed by atoms with E-state index >= 15 is 0 Å². The predicted octanol–water partition coefficient (Wildman–Crippen LogP) is 5.52. The fourth-order valence-electron chi connectivity index (χ4n) is 4.37. The number of carbonyl (C=O) groups is 1. The number of benzene rings is 2. The second-order valence-electron chi connectivity index (χ2n) is 7.99. The molecule has 4 aromatic rings. The molecule has 1 aliphatic carbocycles. The van der Waals surface area contributed by atoms with Gasteiger partial charge >= 0.3 is 5.97 Å². The summed E-state index contributed by atoms with van der Waals surface area (Å²) in [7, 11) is 0. The van der Waals surface area contributed by atoms with Crippen molar-refractivity contribution in [2.45, 2.75) is 12.5 Å². The Bertz CT molecular complexity index is 1400. The number of hydrogen-bond acceptors (Lipinski definition) is 4. The monoisotopic (exact) mass is 432 g/mol. The van der Waals surface area contributed by atoms with Crippen LogP contribution in [0.2, 0.25) is 0 Å². The summed E-state index contributed by atoms with van der Waals surface area (Å²) in [4.78, 5) is 17.1. The zero-order valence-corrected chi connectivity index (χ0v) is 17.7. The van der Waals surface area contributed by atoms with Crippen LogP contribution in [0.4, 0.5) is 0 Å². The lowest BCUT2D eigenvalue weighted by atomic mass is 9.93. The molecule has 0 radical (unpaired) electrons. The molecular weight excluding hydrogens is 412 g/mol. The van der Waals surface area contributed by atoms with Crippen molar-refractivity contribution in [3.8, 4) is 0 Å². The summed E-state index contributed by atoms with van der Waals surface area (Å²) >= 11 is 0. The second kappa shape index (κ2) is 7.95. The Hall–Kier alpha value is -4.38. The Morgan fingerprint density at radius 3 is 2.58 bits per heavy atom. The zero-order chi connectivity index (χ0) is 22.2. The maximum atomic E-state index is 13.1. The van der Waals surface area contributed by atoms with E-state index in [4.69, 9.17) is 9.47 Å². The van der Waals surface area contributed by atoms with E-state index in [2.05, 4.69) is 27.8 Å². The van der Waals surface area contributed by atoms with Gasteiger partial charge in [0.1, 0.15) is 6.10 Å². The summed E-state index contributed by atoms with van der Waals surface area (Å²) in [5, 5.41) is 0. The van der Waals surface area contributed by atoms with Gasteiger partial charge in [-0.15, -0.1) is 0 Å². The first-order chi connectivity index (χ1) is 16.3. The summed E-state index contributed by atoms with van der Waals surface area (Å²) < 4.78 is 14.7. The molecule has 33 heavy (non-hydrogen) atoms. The molecule has 1 aliphatic heterocycles. The van der Waals surface area contributed by atoms with Crippen LogP contribution in [0.15, 0.2) is 97.5 Å². The van der Waals surface area contributed by atoms with E-state index in [-0.39, 0.29) is 6.10 Å². The van der Waals surface area contributed by atoms with Crippen LogP contribution >= 0.6 is 0 Å². The molecule has 1 atom stereocenters. The van der Waals surface area contributed by atoms with Gasteiger partial charge in [-0.3, -0.25) is 4.98 Å².